The maximum Gasteiger partial charge on any atom is 0.169 e. The highest BCUT2D eigenvalue weighted by atomic mass is 79.9. The number of rotatable bonds is 4. The molecule has 0 saturated heterocycles. The van der Waals surface area contributed by atoms with Crippen LogP contribution in [0.25, 0.3) is 0 Å². The second-order valence-corrected chi connectivity index (χ2v) is 5.51. The van der Waals surface area contributed by atoms with Crippen molar-refractivity contribution in [2.75, 3.05) is 5.33 Å². The Hall–Kier alpha value is -0.190. The SMILES string of the molecule is Cc1cc(CC(=O)[C@@](C)(O)CBr)ccc1Br. The predicted molar refractivity (Wildman–Crippen MR) is 72.0 cm³/mol. The first kappa shape index (κ1) is 13.9. The number of carbonyl (C=O) groups is 1. The van der Waals surface area contributed by atoms with E-state index in [1.807, 2.05) is 25.1 Å². The van der Waals surface area contributed by atoms with Crippen LogP contribution in [0.15, 0.2) is 22.7 Å². The zero-order chi connectivity index (χ0) is 12.3. The number of carbonyl (C=O) groups excluding carboxylic acids is 1. The average molecular weight is 350 g/mol. The molecule has 1 aromatic carbocycles. The van der Waals surface area contributed by atoms with E-state index in [0.29, 0.717) is 0 Å². The van der Waals surface area contributed by atoms with Crippen LogP contribution in [0.4, 0.5) is 0 Å². The first-order valence-corrected chi connectivity index (χ1v) is 6.85. The molecule has 0 bridgehead atoms. The maximum atomic E-state index is 11.8. The summed E-state index contributed by atoms with van der Waals surface area (Å²) in [5.41, 5.74) is 0.719. The van der Waals surface area contributed by atoms with Crippen molar-refractivity contribution in [1.82, 2.24) is 0 Å². The second-order valence-electron chi connectivity index (χ2n) is 4.09. The summed E-state index contributed by atoms with van der Waals surface area (Å²) in [4.78, 5) is 11.8. The number of aliphatic hydroxyl groups is 1. The van der Waals surface area contributed by atoms with Gasteiger partial charge in [-0.3, -0.25) is 4.79 Å². The Morgan fingerprint density at radius 1 is 1.50 bits per heavy atom. The van der Waals surface area contributed by atoms with Crippen LogP contribution >= 0.6 is 31.9 Å². The van der Waals surface area contributed by atoms with Crippen LogP contribution in [-0.2, 0) is 11.2 Å². The molecule has 1 aromatic rings. The Morgan fingerprint density at radius 3 is 2.62 bits per heavy atom. The van der Waals surface area contributed by atoms with Crippen LogP contribution in [0.1, 0.15) is 18.1 Å². The molecule has 1 rings (SSSR count). The van der Waals surface area contributed by atoms with E-state index in [0.717, 1.165) is 15.6 Å². The fraction of sp³-hybridized carbons (Fsp3) is 0.417. The monoisotopic (exact) mass is 348 g/mol. The molecule has 0 amide bonds. The fourth-order valence-electron chi connectivity index (χ4n) is 1.27. The Bertz CT molecular complexity index is 400. The lowest BCUT2D eigenvalue weighted by atomic mass is 9.96. The summed E-state index contributed by atoms with van der Waals surface area (Å²) < 4.78 is 1.02. The average Bonchev–Trinajstić information content (AvgIpc) is 2.23. The molecule has 1 N–H and O–H groups in total. The van der Waals surface area contributed by atoms with Gasteiger partial charge in [0, 0.05) is 16.2 Å². The van der Waals surface area contributed by atoms with Crippen LogP contribution < -0.4 is 0 Å². The highest BCUT2D eigenvalue weighted by Crippen LogP contribution is 2.19. The van der Waals surface area contributed by atoms with Gasteiger partial charge in [-0.2, -0.15) is 0 Å². The summed E-state index contributed by atoms with van der Waals surface area (Å²) in [5.74, 6) is -0.175. The van der Waals surface area contributed by atoms with E-state index in [-0.39, 0.29) is 17.5 Å². The number of hydrogen-bond donors (Lipinski definition) is 1. The highest BCUT2D eigenvalue weighted by molar-refractivity contribution is 9.10. The van der Waals surface area contributed by atoms with Gasteiger partial charge in [-0.15, -0.1) is 0 Å². The summed E-state index contributed by atoms with van der Waals surface area (Å²) in [7, 11) is 0. The Morgan fingerprint density at radius 2 is 2.12 bits per heavy atom. The van der Waals surface area contributed by atoms with E-state index in [4.69, 9.17) is 0 Å². The van der Waals surface area contributed by atoms with E-state index in [2.05, 4.69) is 31.9 Å². The van der Waals surface area contributed by atoms with Crippen LogP contribution in [0.3, 0.4) is 0 Å². The molecule has 16 heavy (non-hydrogen) atoms. The molecule has 0 saturated carbocycles. The summed E-state index contributed by atoms with van der Waals surface area (Å²) in [6.07, 6.45) is 0.257. The lowest BCUT2D eigenvalue weighted by Crippen LogP contribution is -2.38. The van der Waals surface area contributed by atoms with Crippen LogP contribution in [0.5, 0.6) is 0 Å². The summed E-state index contributed by atoms with van der Waals surface area (Å²) in [6.45, 7) is 3.50. The van der Waals surface area contributed by atoms with E-state index >= 15 is 0 Å². The number of Topliss-reactive ketones (excluding diaryl/α,β-unsaturated/α-hetero) is 1. The van der Waals surface area contributed by atoms with Gasteiger partial charge in [0.2, 0.25) is 0 Å². The minimum Gasteiger partial charge on any atom is -0.381 e. The number of benzene rings is 1. The zero-order valence-electron chi connectivity index (χ0n) is 9.26. The van der Waals surface area contributed by atoms with Gasteiger partial charge >= 0.3 is 0 Å². The standard InChI is InChI=1S/C12H14Br2O2/c1-8-5-9(3-4-10(8)14)6-11(15)12(2,16)7-13/h3-5,16H,6-7H2,1-2H3/t12-/m0/s1. The fourth-order valence-corrected chi connectivity index (χ4v) is 1.83. The van der Waals surface area contributed by atoms with Crippen molar-refractivity contribution in [2.45, 2.75) is 25.9 Å². The number of aryl methyl sites for hydroxylation is 1. The topological polar surface area (TPSA) is 37.3 Å². The van der Waals surface area contributed by atoms with Crippen LogP contribution in [0, 0.1) is 6.92 Å². The summed E-state index contributed by atoms with van der Waals surface area (Å²) in [6, 6.07) is 5.76. The van der Waals surface area contributed by atoms with Crippen molar-refractivity contribution >= 4 is 37.6 Å². The van der Waals surface area contributed by atoms with Crippen molar-refractivity contribution in [3.05, 3.63) is 33.8 Å². The third-order valence-corrected chi connectivity index (χ3v) is 4.43. The van der Waals surface area contributed by atoms with Gasteiger partial charge in [-0.25, -0.2) is 0 Å². The van der Waals surface area contributed by atoms with Gasteiger partial charge < -0.3 is 5.11 Å². The van der Waals surface area contributed by atoms with Gasteiger partial charge in [0.05, 0.1) is 0 Å². The Balaban J connectivity index is 2.82. The first-order valence-electron chi connectivity index (χ1n) is 4.93. The number of halogens is 2. The molecule has 2 nitrogen and oxygen atoms in total. The molecule has 0 heterocycles. The summed E-state index contributed by atoms with van der Waals surface area (Å²) in [5, 5.41) is 10.0. The van der Waals surface area contributed by atoms with Gasteiger partial charge in [0.25, 0.3) is 0 Å². The molecule has 0 spiro atoms. The molecule has 0 fully saturated rings. The largest absolute Gasteiger partial charge is 0.381 e. The lowest BCUT2D eigenvalue weighted by molar-refractivity contribution is -0.132. The second kappa shape index (κ2) is 5.43. The molecule has 0 unspecified atom stereocenters. The van der Waals surface area contributed by atoms with Crippen LogP contribution in [0.2, 0.25) is 0 Å². The molecule has 88 valence electrons. The molecule has 0 radical (unpaired) electrons. The normalized spacial score (nSPS) is 14.6. The molecule has 0 aliphatic rings. The Labute approximate surface area is 112 Å². The van der Waals surface area contributed by atoms with Crippen LogP contribution in [-0.4, -0.2) is 21.8 Å². The summed E-state index contributed by atoms with van der Waals surface area (Å²) >= 11 is 6.54. The first-order chi connectivity index (χ1) is 7.36. The molecule has 0 aliphatic carbocycles. The molecule has 0 aromatic heterocycles. The van der Waals surface area contributed by atoms with E-state index in [9.17, 15) is 9.90 Å². The molecule has 4 heteroatoms. The molecule has 1 atom stereocenters. The van der Waals surface area contributed by atoms with Gasteiger partial charge in [0.1, 0.15) is 5.60 Å². The predicted octanol–water partition coefficient (Wildman–Crippen LogP) is 3.02. The number of hydrogen-bond acceptors (Lipinski definition) is 2. The number of ketones is 1. The Kier molecular flexibility index (Phi) is 4.71. The van der Waals surface area contributed by atoms with Gasteiger partial charge in [-0.1, -0.05) is 44.0 Å². The minimum absolute atomic E-state index is 0.175. The van der Waals surface area contributed by atoms with Crippen molar-refractivity contribution in [3.63, 3.8) is 0 Å². The minimum atomic E-state index is -1.29. The quantitative estimate of drug-likeness (QED) is 0.848. The smallest absolute Gasteiger partial charge is 0.169 e. The third kappa shape index (κ3) is 3.40. The van der Waals surface area contributed by atoms with E-state index in [1.54, 1.807) is 0 Å². The van der Waals surface area contributed by atoms with Crippen molar-refractivity contribution < 1.29 is 9.90 Å². The van der Waals surface area contributed by atoms with Gasteiger partial charge in [0.15, 0.2) is 5.78 Å². The number of alkyl halides is 1. The van der Waals surface area contributed by atoms with Gasteiger partial charge in [-0.05, 0) is 31.0 Å². The third-order valence-electron chi connectivity index (χ3n) is 2.45. The molecule has 0 aliphatic heterocycles. The zero-order valence-corrected chi connectivity index (χ0v) is 12.4. The molecular formula is C12H14Br2O2. The van der Waals surface area contributed by atoms with Crippen molar-refractivity contribution in [1.29, 1.82) is 0 Å². The van der Waals surface area contributed by atoms with Crippen molar-refractivity contribution in [3.8, 4) is 0 Å². The van der Waals surface area contributed by atoms with E-state index in [1.165, 1.54) is 6.92 Å². The maximum absolute atomic E-state index is 11.8. The lowest BCUT2D eigenvalue weighted by Gasteiger charge is -2.18. The van der Waals surface area contributed by atoms with E-state index < -0.39 is 5.60 Å². The molecular weight excluding hydrogens is 336 g/mol. The van der Waals surface area contributed by atoms with Crippen molar-refractivity contribution in [2.24, 2.45) is 0 Å². The highest BCUT2D eigenvalue weighted by Gasteiger charge is 2.28.